The second kappa shape index (κ2) is 16.3. The molecule has 8 heteroatoms. The van der Waals surface area contributed by atoms with Crippen LogP contribution in [-0.2, 0) is 38.3 Å². The summed E-state index contributed by atoms with van der Waals surface area (Å²) in [6, 6.07) is 42.2. The molecule has 4 heterocycles. The van der Waals surface area contributed by atoms with Gasteiger partial charge in [-0.2, -0.15) is 0 Å². The van der Waals surface area contributed by atoms with Crippen LogP contribution in [0.3, 0.4) is 0 Å². The molecule has 0 spiro atoms. The molecule has 0 unspecified atom stereocenters. The SMILES string of the molecule is Cc1c(CC(C)(C)C)sc2c(-c3[c-]c(Oc4[c-]c(-c5ncnc6c7c(sc56)-c5ccccc5-c5ccccc5-c5ccccc5-7)cc(C(C)(C)C)c4)cc(C(C)(C)C)c3)ncnc12.[Pt+2]. The fourth-order valence-corrected chi connectivity index (χ4v) is 11.6. The molecule has 64 heavy (non-hydrogen) atoms. The number of nitrogens with zero attached hydrogens (tertiary/aromatic N) is 4. The Morgan fingerprint density at radius 3 is 1.47 bits per heavy atom. The van der Waals surface area contributed by atoms with E-state index in [1.165, 1.54) is 43.1 Å². The van der Waals surface area contributed by atoms with Gasteiger partial charge >= 0.3 is 21.1 Å². The van der Waals surface area contributed by atoms with Crippen molar-refractivity contribution in [1.29, 1.82) is 0 Å². The van der Waals surface area contributed by atoms with Crippen LogP contribution in [0.4, 0.5) is 0 Å². The van der Waals surface area contributed by atoms with Crippen molar-refractivity contribution in [2.75, 3.05) is 0 Å². The molecule has 0 saturated heterocycles. The minimum Gasteiger partial charge on any atom is -0.497 e. The fourth-order valence-electron chi connectivity index (χ4n) is 8.69. The Hall–Kier alpha value is -5.33. The Labute approximate surface area is 399 Å². The van der Waals surface area contributed by atoms with Crippen molar-refractivity contribution in [1.82, 2.24) is 19.9 Å². The van der Waals surface area contributed by atoms with E-state index in [1.807, 2.05) is 0 Å². The molecule has 4 aromatic heterocycles. The second-order valence-electron chi connectivity index (χ2n) is 20.0. The van der Waals surface area contributed by atoms with Crippen molar-refractivity contribution < 1.29 is 25.8 Å². The number of benzene rings is 5. The zero-order chi connectivity index (χ0) is 44.0. The molecule has 0 saturated carbocycles. The van der Waals surface area contributed by atoms with Gasteiger partial charge in [-0.15, -0.1) is 57.1 Å². The molecule has 1 aliphatic rings. The monoisotopic (exact) mass is 1050 g/mol. The summed E-state index contributed by atoms with van der Waals surface area (Å²) in [5.74, 6) is 1.21. The van der Waals surface area contributed by atoms with Gasteiger partial charge in [-0.25, -0.2) is 9.97 Å². The van der Waals surface area contributed by atoms with Gasteiger partial charge < -0.3 is 4.74 Å². The maximum Gasteiger partial charge on any atom is 2.00 e. The zero-order valence-electron chi connectivity index (χ0n) is 37.9. The van der Waals surface area contributed by atoms with Crippen LogP contribution in [0.25, 0.3) is 86.8 Å². The summed E-state index contributed by atoms with van der Waals surface area (Å²) >= 11 is 3.55. The fraction of sp³-hybridized carbons (Fsp3) is 0.250. The first-order valence-electron chi connectivity index (χ1n) is 21.7. The number of thiophene rings is 2. The summed E-state index contributed by atoms with van der Waals surface area (Å²) < 4.78 is 9.04. The van der Waals surface area contributed by atoms with E-state index >= 15 is 0 Å². The summed E-state index contributed by atoms with van der Waals surface area (Å²) in [6.45, 7) is 22.4. The predicted molar refractivity (Wildman–Crippen MR) is 264 cm³/mol. The van der Waals surface area contributed by atoms with Crippen LogP contribution in [0, 0.1) is 24.5 Å². The first-order chi connectivity index (χ1) is 30.0. The van der Waals surface area contributed by atoms with E-state index in [0.717, 1.165) is 71.6 Å². The number of ether oxygens (including phenoxy) is 1. The molecule has 322 valence electrons. The van der Waals surface area contributed by atoms with Crippen LogP contribution in [0.2, 0.25) is 0 Å². The summed E-state index contributed by atoms with van der Waals surface area (Å²) in [4.78, 5) is 22.3. The number of aromatic nitrogens is 4. The van der Waals surface area contributed by atoms with Gasteiger partial charge in [0.2, 0.25) is 0 Å². The molecule has 0 N–H and O–H groups in total. The molecule has 0 fully saturated rings. The smallest absolute Gasteiger partial charge is 0.497 e. The van der Waals surface area contributed by atoms with E-state index in [9.17, 15) is 0 Å². The van der Waals surface area contributed by atoms with Crippen LogP contribution in [0.1, 0.15) is 83.9 Å². The van der Waals surface area contributed by atoms with E-state index in [2.05, 4.69) is 178 Å². The molecule has 1 aliphatic carbocycles. The van der Waals surface area contributed by atoms with Crippen molar-refractivity contribution in [2.24, 2.45) is 5.41 Å². The number of aryl methyl sites for hydroxylation is 1. The van der Waals surface area contributed by atoms with Crippen LogP contribution < -0.4 is 4.74 Å². The van der Waals surface area contributed by atoms with Crippen LogP contribution in [0.15, 0.2) is 110 Å². The van der Waals surface area contributed by atoms with Gasteiger partial charge in [0.1, 0.15) is 12.7 Å². The molecule has 5 nitrogen and oxygen atoms in total. The van der Waals surface area contributed by atoms with E-state index in [4.69, 9.17) is 24.7 Å². The molecule has 0 amide bonds. The third kappa shape index (κ3) is 7.95. The van der Waals surface area contributed by atoms with Crippen molar-refractivity contribution in [3.8, 4) is 77.8 Å². The summed E-state index contributed by atoms with van der Waals surface area (Å²) in [5.41, 5.74) is 17.0. The molecule has 9 aromatic rings. The van der Waals surface area contributed by atoms with Crippen LogP contribution in [-0.4, -0.2) is 19.9 Å². The van der Waals surface area contributed by atoms with Gasteiger partial charge in [0, 0.05) is 53.2 Å². The number of rotatable bonds is 5. The largest absolute Gasteiger partial charge is 2.00 e. The number of fused-ring (bicyclic) bond motifs is 11. The predicted octanol–water partition coefficient (Wildman–Crippen LogP) is 15.9. The van der Waals surface area contributed by atoms with Gasteiger partial charge in [-0.3, -0.25) is 9.97 Å². The topological polar surface area (TPSA) is 60.8 Å². The molecule has 0 aliphatic heterocycles. The molecule has 10 rings (SSSR count). The van der Waals surface area contributed by atoms with Gasteiger partial charge in [0.05, 0.1) is 11.0 Å². The molecular weight excluding hydrogens is 1000 g/mol. The Morgan fingerprint density at radius 1 is 0.531 bits per heavy atom. The van der Waals surface area contributed by atoms with Gasteiger partial charge in [-0.1, -0.05) is 159 Å². The quantitative estimate of drug-likeness (QED) is 0.161. The van der Waals surface area contributed by atoms with E-state index < -0.39 is 0 Å². The zero-order valence-corrected chi connectivity index (χ0v) is 41.8. The Morgan fingerprint density at radius 2 is 0.969 bits per heavy atom. The molecule has 0 radical (unpaired) electrons. The minimum absolute atomic E-state index is 0. The standard InChI is InChI=1S/C56H50N4OS2.Pt/c1-32-45(29-54(2,3)4)62-52-47(32)57-30-58-48(52)33-23-35(55(5,6)7)27-37(25-33)61-38-26-34(24-36(28-38)56(8,9)10)49-53-50(60-31-59-49)46-43-21-15-13-19-41(43)39-17-11-12-18-40(39)42-20-14-16-22-44(42)51(46)63-53;/h11-24,27-28,30-31H,29H2,1-10H3;/q-2;+2. The second-order valence-corrected chi connectivity index (χ2v) is 22.2. The summed E-state index contributed by atoms with van der Waals surface area (Å²) in [6.07, 6.45) is 4.37. The average molecular weight is 1050 g/mol. The maximum absolute atomic E-state index is 6.95. The summed E-state index contributed by atoms with van der Waals surface area (Å²) in [5, 5.41) is 0. The van der Waals surface area contributed by atoms with Crippen molar-refractivity contribution in [3.63, 3.8) is 0 Å². The first-order valence-corrected chi connectivity index (χ1v) is 23.3. The molecule has 0 atom stereocenters. The number of hydrogen-bond acceptors (Lipinski definition) is 7. The van der Waals surface area contributed by atoms with Gasteiger partial charge in [0.25, 0.3) is 0 Å². The van der Waals surface area contributed by atoms with Crippen LogP contribution in [0.5, 0.6) is 11.5 Å². The van der Waals surface area contributed by atoms with Gasteiger partial charge in [-0.05, 0) is 63.0 Å². The molecule has 5 aromatic carbocycles. The molecular formula is C56H50N4OPtS2. The van der Waals surface area contributed by atoms with E-state index in [-0.39, 0.29) is 37.3 Å². The Kier molecular flexibility index (Phi) is 11.2. The molecule has 0 bridgehead atoms. The Balaban J connectivity index is 0.00000518. The van der Waals surface area contributed by atoms with Crippen molar-refractivity contribution in [3.05, 3.63) is 143 Å². The third-order valence-electron chi connectivity index (χ3n) is 12.0. The maximum atomic E-state index is 6.95. The summed E-state index contributed by atoms with van der Waals surface area (Å²) in [7, 11) is 0. The van der Waals surface area contributed by atoms with Crippen LogP contribution >= 0.6 is 22.7 Å². The van der Waals surface area contributed by atoms with E-state index in [0.29, 0.717) is 11.5 Å². The van der Waals surface area contributed by atoms with E-state index in [1.54, 1.807) is 35.3 Å². The normalized spacial score (nSPS) is 12.5. The average Bonchev–Trinajstić information content (AvgIpc) is 3.78. The van der Waals surface area contributed by atoms with Gasteiger partial charge in [0.15, 0.2) is 0 Å². The van der Waals surface area contributed by atoms with Crippen molar-refractivity contribution >= 4 is 43.1 Å². The first kappa shape index (κ1) is 43.9. The Bertz CT molecular complexity index is 3270. The number of hydrogen-bond donors (Lipinski definition) is 0. The minimum atomic E-state index is -0.196. The van der Waals surface area contributed by atoms with Crippen molar-refractivity contribution in [2.45, 2.75) is 86.5 Å². The third-order valence-corrected chi connectivity index (χ3v) is 14.5.